The third kappa shape index (κ3) is 2.99. The highest BCUT2D eigenvalue weighted by molar-refractivity contribution is 9.10. The number of halogens is 1. The third-order valence-electron chi connectivity index (χ3n) is 2.33. The van der Waals surface area contributed by atoms with Gasteiger partial charge in [-0.1, -0.05) is 0 Å². The molecular formula is C11H9BrN4O4. The van der Waals surface area contributed by atoms with Crippen LogP contribution in [-0.4, -0.2) is 27.5 Å². The predicted octanol–water partition coefficient (Wildman–Crippen LogP) is 2.41. The van der Waals surface area contributed by atoms with Crippen LogP contribution in [0.3, 0.4) is 0 Å². The van der Waals surface area contributed by atoms with Crippen LogP contribution >= 0.6 is 15.9 Å². The van der Waals surface area contributed by atoms with Crippen molar-refractivity contribution in [3.05, 3.63) is 32.9 Å². The molecule has 9 heteroatoms. The summed E-state index contributed by atoms with van der Waals surface area (Å²) in [6, 6.07) is 2.65. The fraction of sp³-hybridized carbons (Fsp3) is 0.182. The van der Waals surface area contributed by atoms with E-state index in [9.17, 15) is 14.9 Å². The molecule has 20 heavy (non-hydrogen) atoms. The lowest BCUT2D eigenvalue weighted by Gasteiger charge is -2.04. The molecule has 0 saturated carbocycles. The SMILES string of the molecule is CCNC(=O)Oc1ncc2cc(Br)c([N+](=O)[O-])cc2n1. The molecule has 0 atom stereocenters. The molecule has 0 fully saturated rings. The Bertz CT molecular complexity index is 691. The molecule has 1 aromatic carbocycles. The van der Waals surface area contributed by atoms with Crippen molar-refractivity contribution in [2.75, 3.05) is 6.54 Å². The lowest BCUT2D eigenvalue weighted by Crippen LogP contribution is -2.26. The van der Waals surface area contributed by atoms with Gasteiger partial charge in [-0.3, -0.25) is 10.1 Å². The quantitative estimate of drug-likeness (QED) is 0.679. The molecule has 8 nitrogen and oxygen atoms in total. The molecule has 104 valence electrons. The van der Waals surface area contributed by atoms with E-state index in [0.29, 0.717) is 21.9 Å². The van der Waals surface area contributed by atoms with Gasteiger partial charge in [-0.05, 0) is 28.9 Å². The van der Waals surface area contributed by atoms with Crippen molar-refractivity contribution in [2.24, 2.45) is 0 Å². The van der Waals surface area contributed by atoms with Crippen molar-refractivity contribution in [1.82, 2.24) is 15.3 Å². The maximum Gasteiger partial charge on any atom is 0.415 e. The molecule has 2 rings (SSSR count). The summed E-state index contributed by atoms with van der Waals surface area (Å²) in [6.45, 7) is 2.15. The second-order valence-corrected chi connectivity index (χ2v) is 4.55. The minimum atomic E-state index is -0.682. The summed E-state index contributed by atoms with van der Waals surface area (Å²) in [6.07, 6.45) is 0.740. The van der Waals surface area contributed by atoms with Crippen LogP contribution in [0.5, 0.6) is 6.01 Å². The van der Waals surface area contributed by atoms with Gasteiger partial charge in [0.2, 0.25) is 0 Å². The van der Waals surface area contributed by atoms with Gasteiger partial charge in [-0.2, -0.15) is 4.98 Å². The first kappa shape index (κ1) is 14.1. The molecule has 2 aromatic rings. The Balaban J connectivity index is 2.40. The fourth-order valence-corrected chi connectivity index (χ4v) is 1.98. The Morgan fingerprint density at radius 3 is 2.95 bits per heavy atom. The smallest absolute Gasteiger partial charge is 0.374 e. The first-order valence-corrected chi connectivity index (χ1v) is 6.37. The van der Waals surface area contributed by atoms with Gasteiger partial charge < -0.3 is 10.1 Å². The molecule has 0 unspecified atom stereocenters. The number of benzene rings is 1. The number of fused-ring (bicyclic) bond motifs is 1. The van der Waals surface area contributed by atoms with Gasteiger partial charge in [0.15, 0.2) is 0 Å². The minimum absolute atomic E-state index is 0.125. The summed E-state index contributed by atoms with van der Waals surface area (Å²) in [5.74, 6) is 0. The van der Waals surface area contributed by atoms with E-state index in [1.165, 1.54) is 18.3 Å². The fourth-order valence-electron chi connectivity index (χ4n) is 1.48. The molecule has 0 aliphatic carbocycles. The summed E-state index contributed by atoms with van der Waals surface area (Å²) in [5.41, 5.74) is 0.189. The number of ether oxygens (including phenoxy) is 1. The zero-order valence-electron chi connectivity index (χ0n) is 10.3. The normalized spacial score (nSPS) is 10.3. The highest BCUT2D eigenvalue weighted by atomic mass is 79.9. The standard InChI is InChI=1S/C11H9BrN4O4/c1-2-13-11(17)20-10-14-5-6-3-7(12)9(16(18)19)4-8(6)15-10/h3-5H,2H2,1H3,(H,13,17). The number of rotatable bonds is 3. The van der Waals surface area contributed by atoms with Crippen LogP contribution in [0.2, 0.25) is 0 Å². The van der Waals surface area contributed by atoms with E-state index >= 15 is 0 Å². The molecule has 0 aliphatic rings. The van der Waals surface area contributed by atoms with E-state index in [-0.39, 0.29) is 11.7 Å². The summed E-state index contributed by atoms with van der Waals surface area (Å²) in [7, 11) is 0. The van der Waals surface area contributed by atoms with Gasteiger partial charge >= 0.3 is 12.1 Å². The number of carbonyl (C=O) groups excluding carboxylic acids is 1. The first-order valence-electron chi connectivity index (χ1n) is 5.57. The monoisotopic (exact) mass is 340 g/mol. The molecule has 1 N–H and O–H groups in total. The zero-order chi connectivity index (χ0) is 14.7. The summed E-state index contributed by atoms with van der Waals surface area (Å²) in [5, 5.41) is 13.9. The van der Waals surface area contributed by atoms with Gasteiger partial charge in [0.25, 0.3) is 5.69 Å². The Morgan fingerprint density at radius 1 is 1.55 bits per heavy atom. The van der Waals surface area contributed by atoms with Crippen LogP contribution in [0.15, 0.2) is 22.8 Å². The molecule has 1 amide bonds. The molecule has 1 aromatic heterocycles. The lowest BCUT2D eigenvalue weighted by atomic mass is 10.2. The molecule has 0 bridgehead atoms. The Kier molecular flexibility index (Phi) is 4.08. The number of amides is 1. The number of nitro benzene ring substituents is 1. The van der Waals surface area contributed by atoms with Gasteiger partial charge in [0.05, 0.1) is 14.9 Å². The summed E-state index contributed by atoms with van der Waals surface area (Å²) in [4.78, 5) is 29.4. The predicted molar refractivity (Wildman–Crippen MR) is 73.6 cm³/mol. The van der Waals surface area contributed by atoms with Crippen molar-refractivity contribution in [3.63, 3.8) is 0 Å². The van der Waals surface area contributed by atoms with Gasteiger partial charge in [0.1, 0.15) is 0 Å². The zero-order valence-corrected chi connectivity index (χ0v) is 11.9. The van der Waals surface area contributed by atoms with E-state index in [4.69, 9.17) is 4.74 Å². The summed E-state index contributed by atoms with van der Waals surface area (Å²) >= 11 is 3.10. The van der Waals surface area contributed by atoms with Crippen LogP contribution in [0.1, 0.15) is 6.92 Å². The van der Waals surface area contributed by atoms with Crippen molar-refractivity contribution in [2.45, 2.75) is 6.92 Å². The largest absolute Gasteiger partial charge is 0.415 e. The number of nitrogens with one attached hydrogen (secondary N) is 1. The van der Waals surface area contributed by atoms with Crippen LogP contribution < -0.4 is 10.1 Å². The highest BCUT2D eigenvalue weighted by Crippen LogP contribution is 2.29. The molecular weight excluding hydrogens is 332 g/mol. The Morgan fingerprint density at radius 2 is 2.30 bits per heavy atom. The number of nitrogens with zero attached hydrogens (tertiary/aromatic N) is 3. The Labute approximate surface area is 121 Å². The second-order valence-electron chi connectivity index (χ2n) is 3.69. The van der Waals surface area contributed by atoms with Gasteiger partial charge in [-0.25, -0.2) is 9.78 Å². The lowest BCUT2D eigenvalue weighted by molar-refractivity contribution is -0.385. The topological polar surface area (TPSA) is 107 Å². The van der Waals surface area contributed by atoms with Gasteiger partial charge in [-0.15, -0.1) is 0 Å². The number of aromatic nitrogens is 2. The average molecular weight is 341 g/mol. The number of carbonyl (C=O) groups is 1. The molecule has 1 heterocycles. The maximum absolute atomic E-state index is 11.2. The van der Waals surface area contributed by atoms with Crippen molar-refractivity contribution in [1.29, 1.82) is 0 Å². The van der Waals surface area contributed by atoms with E-state index < -0.39 is 11.0 Å². The molecule has 0 aliphatic heterocycles. The van der Waals surface area contributed by atoms with Crippen molar-refractivity contribution in [3.8, 4) is 6.01 Å². The van der Waals surface area contributed by atoms with E-state index in [0.717, 1.165) is 0 Å². The minimum Gasteiger partial charge on any atom is -0.374 e. The van der Waals surface area contributed by atoms with Gasteiger partial charge in [0, 0.05) is 24.2 Å². The van der Waals surface area contributed by atoms with Crippen molar-refractivity contribution < 1.29 is 14.5 Å². The maximum atomic E-state index is 11.2. The first-order chi connectivity index (χ1) is 9.51. The number of hydrogen-bond acceptors (Lipinski definition) is 6. The van der Waals surface area contributed by atoms with Crippen LogP contribution in [0.4, 0.5) is 10.5 Å². The van der Waals surface area contributed by atoms with E-state index in [2.05, 4.69) is 31.2 Å². The van der Waals surface area contributed by atoms with E-state index in [1.54, 1.807) is 6.92 Å². The molecule has 0 spiro atoms. The van der Waals surface area contributed by atoms with Crippen LogP contribution in [0.25, 0.3) is 10.9 Å². The molecule has 0 saturated heterocycles. The Hall–Kier alpha value is -2.29. The third-order valence-corrected chi connectivity index (χ3v) is 2.96. The highest BCUT2D eigenvalue weighted by Gasteiger charge is 2.15. The van der Waals surface area contributed by atoms with Crippen LogP contribution in [0, 0.1) is 10.1 Å². The van der Waals surface area contributed by atoms with E-state index in [1.807, 2.05) is 0 Å². The summed E-state index contributed by atoms with van der Waals surface area (Å²) < 4.78 is 5.17. The second kappa shape index (κ2) is 5.78. The molecule has 0 radical (unpaired) electrons. The number of nitro groups is 1. The van der Waals surface area contributed by atoms with Crippen molar-refractivity contribution >= 4 is 38.6 Å². The average Bonchev–Trinajstić information content (AvgIpc) is 2.38. The van der Waals surface area contributed by atoms with Crippen LogP contribution in [-0.2, 0) is 0 Å². The number of hydrogen-bond donors (Lipinski definition) is 1.